The van der Waals surface area contributed by atoms with Crippen LogP contribution in [0.5, 0.6) is 17.2 Å². The van der Waals surface area contributed by atoms with Crippen LogP contribution in [0.15, 0.2) is 12.1 Å². The molecular formula is C13H19NO3. The summed E-state index contributed by atoms with van der Waals surface area (Å²) in [6.07, 6.45) is 1.09. The predicted octanol–water partition coefficient (Wildman–Crippen LogP) is 2.08. The lowest BCUT2D eigenvalue weighted by Gasteiger charge is -2.15. The minimum Gasteiger partial charge on any atom is -0.502 e. The molecule has 0 saturated carbocycles. The Morgan fingerprint density at radius 2 is 1.82 bits per heavy atom. The van der Waals surface area contributed by atoms with Crippen molar-refractivity contribution in [2.24, 2.45) is 5.92 Å². The standard InChI is InChI=1S/C13H19NO3/c1-8-4-10(14-7-8)9-5-11(16-2)13(15)12(6-9)17-3/h5-6,8,10,14-15H,4,7H2,1-3H3/t8-,10-/m0/s1. The van der Waals surface area contributed by atoms with E-state index < -0.39 is 0 Å². The van der Waals surface area contributed by atoms with Crippen LogP contribution < -0.4 is 14.8 Å². The number of aromatic hydroxyl groups is 1. The molecule has 1 aromatic carbocycles. The first kappa shape index (κ1) is 12.0. The molecule has 1 aromatic rings. The van der Waals surface area contributed by atoms with E-state index >= 15 is 0 Å². The first-order chi connectivity index (χ1) is 8.15. The molecule has 1 fully saturated rings. The molecule has 1 aliphatic heterocycles. The van der Waals surface area contributed by atoms with Gasteiger partial charge in [-0.25, -0.2) is 0 Å². The third-order valence-corrected chi connectivity index (χ3v) is 3.26. The van der Waals surface area contributed by atoms with Gasteiger partial charge in [-0.1, -0.05) is 6.92 Å². The Hall–Kier alpha value is -1.42. The number of hydrogen-bond acceptors (Lipinski definition) is 4. The average Bonchev–Trinajstić information content (AvgIpc) is 2.76. The van der Waals surface area contributed by atoms with E-state index in [1.807, 2.05) is 12.1 Å². The maximum Gasteiger partial charge on any atom is 0.200 e. The van der Waals surface area contributed by atoms with Crippen molar-refractivity contribution in [1.29, 1.82) is 0 Å². The van der Waals surface area contributed by atoms with E-state index in [9.17, 15) is 5.11 Å². The van der Waals surface area contributed by atoms with Gasteiger partial charge in [-0.3, -0.25) is 0 Å². The summed E-state index contributed by atoms with van der Waals surface area (Å²) in [6.45, 7) is 3.25. The molecule has 4 nitrogen and oxygen atoms in total. The fraction of sp³-hybridized carbons (Fsp3) is 0.538. The van der Waals surface area contributed by atoms with Gasteiger partial charge in [0.15, 0.2) is 11.5 Å². The van der Waals surface area contributed by atoms with Crippen molar-refractivity contribution in [2.75, 3.05) is 20.8 Å². The molecular weight excluding hydrogens is 218 g/mol. The van der Waals surface area contributed by atoms with Crippen molar-refractivity contribution >= 4 is 0 Å². The molecule has 4 heteroatoms. The van der Waals surface area contributed by atoms with Crippen molar-refractivity contribution in [3.63, 3.8) is 0 Å². The van der Waals surface area contributed by atoms with Crippen molar-refractivity contribution in [3.8, 4) is 17.2 Å². The minimum absolute atomic E-state index is 0.0600. The van der Waals surface area contributed by atoms with Crippen LogP contribution in [0.1, 0.15) is 24.9 Å². The quantitative estimate of drug-likeness (QED) is 0.845. The number of phenolic OH excluding ortho intramolecular Hbond substituents is 1. The minimum atomic E-state index is 0.0600. The van der Waals surface area contributed by atoms with Crippen LogP contribution in [0.4, 0.5) is 0 Å². The summed E-state index contributed by atoms with van der Waals surface area (Å²) in [7, 11) is 3.09. The summed E-state index contributed by atoms with van der Waals surface area (Å²) in [6, 6.07) is 4.05. The Bertz CT molecular complexity index is 381. The third-order valence-electron chi connectivity index (χ3n) is 3.26. The zero-order chi connectivity index (χ0) is 12.4. The Kier molecular flexibility index (Phi) is 3.43. The first-order valence-electron chi connectivity index (χ1n) is 5.84. The second-order valence-electron chi connectivity index (χ2n) is 4.58. The van der Waals surface area contributed by atoms with Crippen molar-refractivity contribution < 1.29 is 14.6 Å². The number of rotatable bonds is 3. The van der Waals surface area contributed by atoms with Gasteiger partial charge in [0.25, 0.3) is 0 Å². The second kappa shape index (κ2) is 4.84. The number of nitrogens with one attached hydrogen (secondary N) is 1. The van der Waals surface area contributed by atoms with Gasteiger partial charge in [0.2, 0.25) is 5.75 Å². The van der Waals surface area contributed by atoms with E-state index in [1.54, 1.807) is 14.2 Å². The summed E-state index contributed by atoms with van der Waals surface area (Å²) in [4.78, 5) is 0. The van der Waals surface area contributed by atoms with Crippen molar-refractivity contribution in [3.05, 3.63) is 17.7 Å². The van der Waals surface area contributed by atoms with Gasteiger partial charge in [0.1, 0.15) is 0 Å². The Morgan fingerprint density at radius 3 is 2.24 bits per heavy atom. The number of ether oxygens (including phenoxy) is 2. The molecule has 2 N–H and O–H groups in total. The van der Waals surface area contributed by atoms with E-state index in [0.717, 1.165) is 18.5 Å². The molecule has 0 aromatic heterocycles. The van der Waals surface area contributed by atoms with E-state index in [-0.39, 0.29) is 5.75 Å². The molecule has 0 bridgehead atoms. The van der Waals surface area contributed by atoms with Gasteiger partial charge in [0, 0.05) is 6.04 Å². The summed E-state index contributed by atoms with van der Waals surface area (Å²) >= 11 is 0. The molecule has 1 heterocycles. The van der Waals surface area contributed by atoms with Crippen molar-refractivity contribution in [1.82, 2.24) is 5.32 Å². The topological polar surface area (TPSA) is 50.7 Å². The molecule has 0 radical (unpaired) electrons. The Labute approximate surface area is 102 Å². The summed E-state index contributed by atoms with van der Waals surface area (Å²) in [5, 5.41) is 13.3. The molecule has 17 heavy (non-hydrogen) atoms. The lowest BCUT2D eigenvalue weighted by molar-refractivity contribution is 0.338. The highest BCUT2D eigenvalue weighted by atomic mass is 16.5. The molecule has 2 atom stereocenters. The number of phenols is 1. The largest absolute Gasteiger partial charge is 0.502 e. The monoisotopic (exact) mass is 237 g/mol. The molecule has 94 valence electrons. The smallest absolute Gasteiger partial charge is 0.200 e. The van der Waals surface area contributed by atoms with Crippen LogP contribution in [0.3, 0.4) is 0 Å². The van der Waals surface area contributed by atoms with E-state index in [1.165, 1.54) is 0 Å². The van der Waals surface area contributed by atoms with Crippen molar-refractivity contribution in [2.45, 2.75) is 19.4 Å². The average molecular weight is 237 g/mol. The van der Waals surface area contributed by atoms with Crippen LogP contribution in [0.2, 0.25) is 0 Å². The molecule has 0 aliphatic carbocycles. The van der Waals surface area contributed by atoms with E-state index in [2.05, 4.69) is 12.2 Å². The number of benzene rings is 1. The van der Waals surface area contributed by atoms with E-state index in [0.29, 0.717) is 23.5 Å². The highest BCUT2D eigenvalue weighted by Crippen LogP contribution is 2.40. The SMILES string of the molecule is COc1cc([C@@H]2C[C@H](C)CN2)cc(OC)c1O. The predicted molar refractivity (Wildman–Crippen MR) is 65.7 cm³/mol. The van der Waals surface area contributed by atoms with Crippen LogP contribution in [0.25, 0.3) is 0 Å². The van der Waals surface area contributed by atoms with Gasteiger partial charge in [0.05, 0.1) is 14.2 Å². The summed E-state index contributed by atoms with van der Waals surface area (Å²) in [5.74, 6) is 1.65. The normalized spacial score (nSPS) is 23.7. The van der Waals surface area contributed by atoms with Gasteiger partial charge in [-0.05, 0) is 36.6 Å². The lowest BCUT2D eigenvalue weighted by atomic mass is 10.0. The zero-order valence-corrected chi connectivity index (χ0v) is 10.5. The summed E-state index contributed by atoms with van der Waals surface area (Å²) < 4.78 is 10.3. The van der Waals surface area contributed by atoms with Gasteiger partial charge < -0.3 is 19.9 Å². The van der Waals surface area contributed by atoms with Crippen LogP contribution in [0, 0.1) is 5.92 Å². The maximum atomic E-state index is 9.84. The fourth-order valence-electron chi connectivity index (χ4n) is 2.28. The molecule has 0 spiro atoms. The molecule has 0 unspecified atom stereocenters. The fourth-order valence-corrected chi connectivity index (χ4v) is 2.28. The van der Waals surface area contributed by atoms with Crippen LogP contribution in [-0.4, -0.2) is 25.9 Å². The highest BCUT2D eigenvalue weighted by Gasteiger charge is 2.24. The lowest BCUT2D eigenvalue weighted by Crippen LogP contribution is -2.13. The number of methoxy groups -OCH3 is 2. The van der Waals surface area contributed by atoms with Crippen LogP contribution in [-0.2, 0) is 0 Å². The molecule has 1 saturated heterocycles. The highest BCUT2D eigenvalue weighted by molar-refractivity contribution is 5.53. The Morgan fingerprint density at radius 1 is 1.24 bits per heavy atom. The molecule has 1 aliphatic rings. The second-order valence-corrected chi connectivity index (χ2v) is 4.58. The van der Waals surface area contributed by atoms with Gasteiger partial charge in [-0.15, -0.1) is 0 Å². The zero-order valence-electron chi connectivity index (χ0n) is 10.5. The summed E-state index contributed by atoms with van der Waals surface area (Å²) in [5.41, 5.74) is 1.10. The Balaban J connectivity index is 2.34. The third kappa shape index (κ3) is 2.31. The first-order valence-corrected chi connectivity index (χ1v) is 5.84. The van der Waals surface area contributed by atoms with Gasteiger partial charge >= 0.3 is 0 Å². The molecule has 0 amide bonds. The maximum absolute atomic E-state index is 9.84. The van der Waals surface area contributed by atoms with Gasteiger partial charge in [-0.2, -0.15) is 0 Å². The van der Waals surface area contributed by atoms with E-state index in [4.69, 9.17) is 9.47 Å². The number of hydrogen-bond donors (Lipinski definition) is 2. The van der Waals surface area contributed by atoms with Crippen LogP contribution >= 0.6 is 0 Å². The molecule has 2 rings (SSSR count).